The quantitative estimate of drug-likeness (QED) is 0.866. The molecule has 0 radical (unpaired) electrons. The average molecular weight is 277 g/mol. The Morgan fingerprint density at radius 2 is 2.20 bits per heavy atom. The van der Waals surface area contributed by atoms with Gasteiger partial charge in [-0.2, -0.15) is 0 Å². The molecule has 4 heteroatoms. The van der Waals surface area contributed by atoms with Gasteiger partial charge >= 0.3 is 0 Å². The van der Waals surface area contributed by atoms with Gasteiger partial charge in [0.2, 0.25) is 0 Å². The Morgan fingerprint density at radius 1 is 1.40 bits per heavy atom. The van der Waals surface area contributed by atoms with Crippen molar-refractivity contribution < 1.29 is 5.11 Å². The smallest absolute Gasteiger partial charge is 0.128 e. The van der Waals surface area contributed by atoms with Gasteiger partial charge in [-0.3, -0.25) is 0 Å². The predicted molar refractivity (Wildman–Crippen MR) is 82.9 cm³/mol. The van der Waals surface area contributed by atoms with E-state index < -0.39 is 0 Å². The molecule has 2 N–H and O–H groups in total. The zero-order valence-electron chi connectivity index (χ0n) is 12.9. The van der Waals surface area contributed by atoms with Crippen molar-refractivity contribution in [2.45, 2.75) is 45.7 Å². The average Bonchev–Trinajstić information content (AvgIpc) is 2.85. The van der Waals surface area contributed by atoms with Gasteiger partial charge in [-0.15, -0.1) is 0 Å². The van der Waals surface area contributed by atoms with E-state index in [9.17, 15) is 0 Å². The van der Waals surface area contributed by atoms with E-state index in [4.69, 9.17) is 5.11 Å². The molecule has 1 aromatic heterocycles. The second-order valence-corrected chi connectivity index (χ2v) is 6.74. The minimum absolute atomic E-state index is 0.130. The molecular weight excluding hydrogens is 250 g/mol. The summed E-state index contributed by atoms with van der Waals surface area (Å²) in [6.07, 6.45) is 4.03. The van der Waals surface area contributed by atoms with Crippen LogP contribution in [0.1, 0.15) is 39.2 Å². The van der Waals surface area contributed by atoms with Crippen LogP contribution < -0.4 is 10.2 Å². The number of hydrogen-bond donors (Lipinski definition) is 2. The Labute approximate surface area is 122 Å². The molecule has 1 unspecified atom stereocenters. The Bertz CT molecular complexity index is 411. The summed E-state index contributed by atoms with van der Waals surface area (Å²) in [6.45, 7) is 9.72. The van der Waals surface area contributed by atoms with Crippen LogP contribution in [-0.2, 0) is 6.54 Å². The molecule has 0 aromatic carbocycles. The van der Waals surface area contributed by atoms with Gasteiger partial charge in [0, 0.05) is 38.0 Å². The fourth-order valence-corrected chi connectivity index (χ4v) is 2.53. The lowest BCUT2D eigenvalue weighted by molar-refractivity contribution is 0.263. The maximum atomic E-state index is 9.00. The molecule has 2 rings (SSSR count). The monoisotopic (exact) mass is 277 g/mol. The molecule has 0 spiro atoms. The van der Waals surface area contributed by atoms with Crippen molar-refractivity contribution in [1.29, 1.82) is 0 Å². The third-order valence-electron chi connectivity index (χ3n) is 3.78. The zero-order valence-corrected chi connectivity index (χ0v) is 12.9. The number of rotatable bonds is 5. The van der Waals surface area contributed by atoms with Crippen LogP contribution in [0.2, 0.25) is 0 Å². The zero-order chi connectivity index (χ0) is 14.6. The fraction of sp³-hybridized carbons (Fsp3) is 0.688. The number of aliphatic hydroxyl groups excluding tert-OH is 1. The topological polar surface area (TPSA) is 48.4 Å². The number of anilines is 1. The summed E-state index contributed by atoms with van der Waals surface area (Å²) in [6, 6.07) is 4.27. The SMILES string of the molecule is CC(C)(C)NCc1ccc(N2CCC(CCO)C2)nc1. The normalized spacial score (nSPS) is 19.6. The van der Waals surface area contributed by atoms with Crippen molar-refractivity contribution in [3.63, 3.8) is 0 Å². The number of pyridine rings is 1. The van der Waals surface area contributed by atoms with Gasteiger partial charge in [0.05, 0.1) is 0 Å². The molecule has 0 saturated carbocycles. The highest BCUT2D eigenvalue weighted by Crippen LogP contribution is 2.24. The van der Waals surface area contributed by atoms with E-state index in [0.29, 0.717) is 12.5 Å². The van der Waals surface area contributed by atoms with Crippen molar-refractivity contribution in [3.05, 3.63) is 23.9 Å². The minimum Gasteiger partial charge on any atom is -0.396 e. The van der Waals surface area contributed by atoms with E-state index in [1.54, 1.807) is 0 Å². The molecule has 2 heterocycles. The summed E-state index contributed by atoms with van der Waals surface area (Å²) in [5, 5.41) is 12.5. The maximum Gasteiger partial charge on any atom is 0.128 e. The number of aromatic nitrogens is 1. The summed E-state index contributed by atoms with van der Waals surface area (Å²) >= 11 is 0. The van der Waals surface area contributed by atoms with Crippen LogP contribution in [0.15, 0.2) is 18.3 Å². The van der Waals surface area contributed by atoms with Crippen molar-refractivity contribution in [2.75, 3.05) is 24.6 Å². The Kier molecular flexibility index (Phi) is 5.00. The van der Waals surface area contributed by atoms with E-state index in [-0.39, 0.29) is 5.54 Å². The van der Waals surface area contributed by atoms with Crippen molar-refractivity contribution in [2.24, 2.45) is 5.92 Å². The Hall–Kier alpha value is -1.13. The summed E-state index contributed by atoms with van der Waals surface area (Å²) in [5.41, 5.74) is 1.35. The van der Waals surface area contributed by atoms with Crippen LogP contribution in [0.3, 0.4) is 0 Å². The van der Waals surface area contributed by atoms with Crippen LogP contribution in [0.25, 0.3) is 0 Å². The standard InChI is InChI=1S/C16H27N3O/c1-16(2,3)18-11-14-4-5-15(17-10-14)19-8-6-13(12-19)7-9-20/h4-5,10,13,18,20H,6-9,11-12H2,1-3H3. The van der Waals surface area contributed by atoms with Crippen LogP contribution >= 0.6 is 0 Å². The Balaban J connectivity index is 1.89. The van der Waals surface area contributed by atoms with Crippen LogP contribution in [0, 0.1) is 5.92 Å². The second-order valence-electron chi connectivity index (χ2n) is 6.74. The van der Waals surface area contributed by atoms with Gasteiger partial charge in [-0.1, -0.05) is 6.07 Å². The Morgan fingerprint density at radius 3 is 2.80 bits per heavy atom. The molecule has 112 valence electrons. The van der Waals surface area contributed by atoms with E-state index in [2.05, 4.69) is 48.1 Å². The molecule has 1 aliphatic rings. The number of nitrogens with zero attached hydrogens (tertiary/aromatic N) is 2. The van der Waals surface area contributed by atoms with Crippen molar-refractivity contribution in [3.8, 4) is 0 Å². The highest BCUT2D eigenvalue weighted by atomic mass is 16.3. The van der Waals surface area contributed by atoms with E-state index >= 15 is 0 Å². The summed E-state index contributed by atoms with van der Waals surface area (Å²) in [4.78, 5) is 6.90. The van der Waals surface area contributed by atoms with Gasteiger partial charge in [0.1, 0.15) is 5.82 Å². The molecule has 1 aliphatic heterocycles. The van der Waals surface area contributed by atoms with Gasteiger partial charge in [-0.05, 0) is 51.2 Å². The van der Waals surface area contributed by atoms with Crippen molar-refractivity contribution in [1.82, 2.24) is 10.3 Å². The molecule has 4 nitrogen and oxygen atoms in total. The molecule has 0 aliphatic carbocycles. The lowest BCUT2D eigenvalue weighted by Gasteiger charge is -2.21. The summed E-state index contributed by atoms with van der Waals surface area (Å²) in [7, 11) is 0. The maximum absolute atomic E-state index is 9.00. The van der Waals surface area contributed by atoms with Gasteiger partial charge < -0.3 is 15.3 Å². The highest BCUT2D eigenvalue weighted by Gasteiger charge is 2.22. The van der Waals surface area contributed by atoms with Gasteiger partial charge in [0.25, 0.3) is 0 Å². The largest absolute Gasteiger partial charge is 0.396 e. The van der Waals surface area contributed by atoms with Crippen LogP contribution in [-0.4, -0.2) is 35.3 Å². The first-order valence-corrected chi connectivity index (χ1v) is 7.54. The van der Waals surface area contributed by atoms with Crippen molar-refractivity contribution >= 4 is 5.82 Å². The molecule has 0 amide bonds. The number of nitrogens with one attached hydrogen (secondary N) is 1. The molecule has 1 atom stereocenters. The summed E-state index contributed by atoms with van der Waals surface area (Å²) < 4.78 is 0. The van der Waals surface area contributed by atoms with Gasteiger partial charge in [0.15, 0.2) is 0 Å². The lowest BCUT2D eigenvalue weighted by atomic mass is 10.1. The van der Waals surface area contributed by atoms with E-state index in [1.807, 2.05) is 6.20 Å². The van der Waals surface area contributed by atoms with Crippen LogP contribution in [0.4, 0.5) is 5.82 Å². The fourth-order valence-electron chi connectivity index (χ4n) is 2.53. The first-order valence-electron chi connectivity index (χ1n) is 7.54. The number of aliphatic hydroxyl groups is 1. The number of hydrogen-bond acceptors (Lipinski definition) is 4. The molecular formula is C16H27N3O. The van der Waals surface area contributed by atoms with Crippen LogP contribution in [0.5, 0.6) is 0 Å². The third-order valence-corrected chi connectivity index (χ3v) is 3.78. The second kappa shape index (κ2) is 6.55. The lowest BCUT2D eigenvalue weighted by Crippen LogP contribution is -2.35. The first-order chi connectivity index (χ1) is 9.48. The highest BCUT2D eigenvalue weighted by molar-refractivity contribution is 5.40. The molecule has 1 saturated heterocycles. The van der Waals surface area contributed by atoms with E-state index in [0.717, 1.165) is 38.3 Å². The third kappa shape index (κ3) is 4.46. The summed E-state index contributed by atoms with van der Waals surface area (Å²) in [5.74, 6) is 1.67. The van der Waals surface area contributed by atoms with Gasteiger partial charge in [-0.25, -0.2) is 4.98 Å². The first kappa shape index (κ1) is 15.3. The van der Waals surface area contributed by atoms with E-state index in [1.165, 1.54) is 5.56 Å². The minimum atomic E-state index is 0.130. The molecule has 1 fully saturated rings. The molecule has 0 bridgehead atoms. The molecule has 1 aromatic rings. The molecule has 20 heavy (non-hydrogen) atoms. The predicted octanol–water partition coefficient (Wildman–Crippen LogP) is 2.18.